The zero-order valence-corrected chi connectivity index (χ0v) is 16.5. The van der Waals surface area contributed by atoms with Crippen LogP contribution >= 0.6 is 0 Å². The van der Waals surface area contributed by atoms with Gasteiger partial charge in [-0.2, -0.15) is 5.10 Å². The number of aromatic nitrogens is 3. The predicted molar refractivity (Wildman–Crippen MR) is 105 cm³/mol. The summed E-state index contributed by atoms with van der Waals surface area (Å²) >= 11 is 0. The third-order valence-corrected chi connectivity index (χ3v) is 5.75. The van der Waals surface area contributed by atoms with Crippen molar-refractivity contribution >= 4 is 5.91 Å². The summed E-state index contributed by atoms with van der Waals surface area (Å²) in [6.07, 6.45) is 7.13. The highest BCUT2D eigenvalue weighted by Crippen LogP contribution is 2.20. The van der Waals surface area contributed by atoms with Gasteiger partial charge in [-0.15, -0.1) is 0 Å². The molecule has 4 rings (SSSR count). The van der Waals surface area contributed by atoms with Gasteiger partial charge in [0.2, 0.25) is 0 Å². The van der Waals surface area contributed by atoms with Crippen LogP contribution in [0, 0.1) is 0 Å². The SMILES string of the molecule is C[C@H]1CN(C2CCOCC2)CCN1C(=O)c1ccc(=O)n(-c2cnn(C)c2)c1. The van der Waals surface area contributed by atoms with E-state index in [0.717, 1.165) is 39.1 Å². The van der Waals surface area contributed by atoms with Crippen molar-refractivity contribution < 1.29 is 9.53 Å². The van der Waals surface area contributed by atoms with E-state index in [1.807, 2.05) is 4.90 Å². The lowest BCUT2D eigenvalue weighted by atomic mass is 10.0. The Hall–Kier alpha value is -2.45. The number of carbonyl (C=O) groups is 1. The summed E-state index contributed by atoms with van der Waals surface area (Å²) in [7, 11) is 1.79. The van der Waals surface area contributed by atoms with Gasteiger partial charge >= 0.3 is 0 Å². The molecular formula is C20H27N5O3. The number of piperazine rings is 1. The fourth-order valence-electron chi connectivity index (χ4n) is 4.18. The third-order valence-electron chi connectivity index (χ3n) is 5.75. The molecule has 0 aliphatic carbocycles. The first-order chi connectivity index (χ1) is 13.5. The van der Waals surface area contributed by atoms with E-state index in [1.54, 1.807) is 36.4 Å². The zero-order valence-electron chi connectivity index (χ0n) is 16.5. The number of ether oxygens (including phenoxy) is 1. The van der Waals surface area contributed by atoms with E-state index >= 15 is 0 Å². The van der Waals surface area contributed by atoms with Crippen molar-refractivity contribution in [3.8, 4) is 5.69 Å². The molecule has 0 aromatic carbocycles. The fourth-order valence-corrected chi connectivity index (χ4v) is 4.18. The molecule has 0 spiro atoms. The summed E-state index contributed by atoms with van der Waals surface area (Å²) in [5, 5.41) is 4.11. The molecule has 4 heterocycles. The fraction of sp³-hybridized carbons (Fsp3) is 0.550. The van der Waals surface area contributed by atoms with E-state index in [4.69, 9.17) is 4.74 Å². The van der Waals surface area contributed by atoms with E-state index in [-0.39, 0.29) is 17.5 Å². The lowest BCUT2D eigenvalue weighted by Crippen LogP contribution is -2.57. The van der Waals surface area contributed by atoms with E-state index in [1.165, 1.54) is 10.6 Å². The average Bonchev–Trinajstić information content (AvgIpc) is 3.14. The number of amides is 1. The minimum atomic E-state index is -0.179. The lowest BCUT2D eigenvalue weighted by Gasteiger charge is -2.44. The summed E-state index contributed by atoms with van der Waals surface area (Å²) < 4.78 is 8.58. The molecule has 2 aromatic rings. The van der Waals surface area contributed by atoms with Gasteiger partial charge in [-0.25, -0.2) is 0 Å². The molecule has 2 saturated heterocycles. The second-order valence-corrected chi connectivity index (χ2v) is 7.68. The molecule has 1 atom stereocenters. The summed E-state index contributed by atoms with van der Waals surface area (Å²) in [5.41, 5.74) is 0.997. The minimum absolute atomic E-state index is 0.0308. The molecule has 0 saturated carbocycles. The largest absolute Gasteiger partial charge is 0.381 e. The van der Waals surface area contributed by atoms with Crippen LogP contribution in [0.5, 0.6) is 0 Å². The lowest BCUT2D eigenvalue weighted by molar-refractivity contribution is 0.000693. The van der Waals surface area contributed by atoms with Crippen LogP contribution in [0.4, 0.5) is 0 Å². The summed E-state index contributed by atoms with van der Waals surface area (Å²) in [6, 6.07) is 3.75. The number of aryl methyl sites for hydroxylation is 1. The quantitative estimate of drug-likeness (QED) is 0.785. The van der Waals surface area contributed by atoms with E-state index in [2.05, 4.69) is 16.9 Å². The first-order valence-corrected chi connectivity index (χ1v) is 9.87. The van der Waals surface area contributed by atoms with Crippen LogP contribution < -0.4 is 5.56 Å². The number of pyridine rings is 1. The van der Waals surface area contributed by atoms with Gasteiger partial charge in [-0.3, -0.25) is 23.7 Å². The smallest absolute Gasteiger partial charge is 0.255 e. The maximum absolute atomic E-state index is 13.1. The number of nitrogens with zero attached hydrogens (tertiary/aromatic N) is 5. The highest BCUT2D eigenvalue weighted by Gasteiger charge is 2.32. The third kappa shape index (κ3) is 3.74. The van der Waals surface area contributed by atoms with Crippen LogP contribution in [0.15, 0.2) is 35.5 Å². The Balaban J connectivity index is 1.49. The molecule has 1 amide bonds. The highest BCUT2D eigenvalue weighted by atomic mass is 16.5. The van der Waals surface area contributed by atoms with Crippen LogP contribution in [0.1, 0.15) is 30.1 Å². The van der Waals surface area contributed by atoms with E-state index < -0.39 is 0 Å². The Morgan fingerprint density at radius 2 is 1.96 bits per heavy atom. The Kier molecular flexibility index (Phi) is 5.32. The second kappa shape index (κ2) is 7.89. The standard InChI is InChI=1S/C20H27N5O3/c1-15-12-23(17-5-9-28-10-6-17)7-8-24(15)20(27)16-3-4-19(26)25(13-16)18-11-21-22(2)14-18/h3-4,11,13-15,17H,5-10,12H2,1-2H3/t15-/m0/s1. The zero-order chi connectivity index (χ0) is 19.7. The molecule has 2 fully saturated rings. The molecule has 8 heteroatoms. The van der Waals surface area contributed by atoms with Crippen LogP contribution in [0.25, 0.3) is 5.69 Å². The van der Waals surface area contributed by atoms with Crippen molar-refractivity contribution in [3.05, 3.63) is 46.6 Å². The van der Waals surface area contributed by atoms with Crippen molar-refractivity contribution in [1.29, 1.82) is 0 Å². The van der Waals surface area contributed by atoms with Gasteiger partial charge in [-0.05, 0) is 25.8 Å². The monoisotopic (exact) mass is 385 g/mol. The topological polar surface area (TPSA) is 72.6 Å². The Bertz CT molecular complexity index is 899. The van der Waals surface area contributed by atoms with E-state index in [9.17, 15) is 9.59 Å². The number of hydrogen-bond donors (Lipinski definition) is 0. The minimum Gasteiger partial charge on any atom is -0.381 e. The molecule has 2 aliphatic heterocycles. The number of rotatable bonds is 3. The summed E-state index contributed by atoms with van der Waals surface area (Å²) in [6.45, 7) is 6.20. The van der Waals surface area contributed by atoms with Crippen molar-refractivity contribution in [2.75, 3.05) is 32.8 Å². The van der Waals surface area contributed by atoms with Crippen LogP contribution in [0.3, 0.4) is 0 Å². The van der Waals surface area contributed by atoms with Gasteiger partial charge in [0.1, 0.15) is 0 Å². The maximum Gasteiger partial charge on any atom is 0.255 e. The molecular weight excluding hydrogens is 358 g/mol. The van der Waals surface area contributed by atoms with Crippen molar-refractivity contribution in [3.63, 3.8) is 0 Å². The van der Waals surface area contributed by atoms with Gasteiger partial charge in [0, 0.05) is 70.4 Å². The van der Waals surface area contributed by atoms with Crippen LogP contribution in [-0.2, 0) is 11.8 Å². The van der Waals surface area contributed by atoms with Crippen LogP contribution in [-0.4, -0.2) is 75.0 Å². The first-order valence-electron chi connectivity index (χ1n) is 9.87. The molecule has 2 aromatic heterocycles. The molecule has 0 N–H and O–H groups in total. The molecule has 0 unspecified atom stereocenters. The molecule has 8 nitrogen and oxygen atoms in total. The Labute approximate surface area is 164 Å². The van der Waals surface area contributed by atoms with Crippen molar-refractivity contribution in [2.45, 2.75) is 31.8 Å². The van der Waals surface area contributed by atoms with Gasteiger partial charge in [0.25, 0.3) is 11.5 Å². The molecule has 2 aliphatic rings. The van der Waals surface area contributed by atoms with E-state index in [0.29, 0.717) is 23.8 Å². The number of hydrogen-bond acceptors (Lipinski definition) is 5. The van der Waals surface area contributed by atoms with Gasteiger partial charge in [0.15, 0.2) is 0 Å². The molecule has 0 bridgehead atoms. The van der Waals surface area contributed by atoms with Gasteiger partial charge in [-0.1, -0.05) is 0 Å². The normalized spacial score (nSPS) is 21.8. The molecule has 28 heavy (non-hydrogen) atoms. The highest BCUT2D eigenvalue weighted by molar-refractivity contribution is 5.94. The summed E-state index contributed by atoms with van der Waals surface area (Å²) in [5.74, 6) is -0.0308. The van der Waals surface area contributed by atoms with Crippen molar-refractivity contribution in [1.82, 2.24) is 24.1 Å². The summed E-state index contributed by atoms with van der Waals surface area (Å²) in [4.78, 5) is 29.8. The maximum atomic E-state index is 13.1. The molecule has 0 radical (unpaired) electrons. The predicted octanol–water partition coefficient (Wildman–Crippen LogP) is 0.896. The Morgan fingerprint density at radius 1 is 1.18 bits per heavy atom. The van der Waals surface area contributed by atoms with Gasteiger partial charge < -0.3 is 9.64 Å². The van der Waals surface area contributed by atoms with Crippen molar-refractivity contribution in [2.24, 2.45) is 7.05 Å². The first kappa shape index (κ1) is 18.9. The second-order valence-electron chi connectivity index (χ2n) is 7.68. The molecule has 150 valence electrons. The average molecular weight is 385 g/mol. The van der Waals surface area contributed by atoms with Crippen LogP contribution in [0.2, 0.25) is 0 Å². The number of carbonyl (C=O) groups excluding carboxylic acids is 1. The Morgan fingerprint density at radius 3 is 2.64 bits per heavy atom. The van der Waals surface area contributed by atoms with Gasteiger partial charge in [0.05, 0.1) is 17.4 Å².